The highest BCUT2D eigenvalue weighted by molar-refractivity contribution is 9.10. The summed E-state index contributed by atoms with van der Waals surface area (Å²) < 4.78 is 16.8. The third-order valence-corrected chi connectivity index (χ3v) is 6.33. The zero-order valence-corrected chi connectivity index (χ0v) is 24.5. The lowest BCUT2D eigenvalue weighted by Crippen LogP contribution is -2.37. The van der Waals surface area contributed by atoms with Gasteiger partial charge in [-0.05, 0) is 83.2 Å². The van der Waals surface area contributed by atoms with Crippen molar-refractivity contribution in [2.45, 2.75) is 27.3 Å². The van der Waals surface area contributed by atoms with Gasteiger partial charge in [0.15, 0.2) is 18.1 Å². The molecule has 3 amide bonds. The molecular weight excluding hydrogens is 580 g/mol. The standard InChI is InChI=1S/C29H31BrN4O6/c1-17-10-18(2)26(19(3)11-17)33-25(35)16-40-27-23(30)12-21(13-24(27)39-5)15-32-34-29(37)28(36)31-14-20-6-8-22(38-4)9-7-20/h6-13,15H,14,16H2,1-5H3,(H,31,36)(H,33,35)(H,34,37)/b32-15-. The van der Waals surface area contributed by atoms with Crippen molar-refractivity contribution in [2.75, 3.05) is 26.1 Å². The van der Waals surface area contributed by atoms with Crippen LogP contribution in [0.15, 0.2) is 58.1 Å². The summed E-state index contributed by atoms with van der Waals surface area (Å²) >= 11 is 3.43. The first-order valence-electron chi connectivity index (χ1n) is 12.2. The van der Waals surface area contributed by atoms with E-state index in [0.29, 0.717) is 27.3 Å². The largest absolute Gasteiger partial charge is 0.497 e. The first-order valence-corrected chi connectivity index (χ1v) is 13.0. The Morgan fingerprint density at radius 2 is 1.60 bits per heavy atom. The maximum absolute atomic E-state index is 12.6. The number of carbonyl (C=O) groups is 3. The van der Waals surface area contributed by atoms with Gasteiger partial charge in [-0.25, -0.2) is 5.43 Å². The Bertz CT molecular complexity index is 1400. The Labute approximate surface area is 241 Å². The molecule has 0 fully saturated rings. The Morgan fingerprint density at radius 1 is 0.925 bits per heavy atom. The molecule has 3 rings (SSSR count). The second-order valence-electron chi connectivity index (χ2n) is 8.87. The van der Waals surface area contributed by atoms with Crippen LogP contribution in [0.2, 0.25) is 0 Å². The van der Waals surface area contributed by atoms with Crippen molar-refractivity contribution in [3.63, 3.8) is 0 Å². The molecule has 3 aromatic carbocycles. The van der Waals surface area contributed by atoms with E-state index in [1.807, 2.05) is 32.9 Å². The number of amides is 3. The Balaban J connectivity index is 1.55. The highest BCUT2D eigenvalue weighted by atomic mass is 79.9. The molecule has 0 heterocycles. The first-order chi connectivity index (χ1) is 19.1. The average molecular weight is 611 g/mol. The molecule has 0 spiro atoms. The topological polar surface area (TPSA) is 127 Å². The Hall–Kier alpha value is -4.38. The molecule has 210 valence electrons. The van der Waals surface area contributed by atoms with E-state index in [1.54, 1.807) is 43.5 Å². The number of anilines is 1. The van der Waals surface area contributed by atoms with E-state index in [2.05, 4.69) is 37.1 Å². The quantitative estimate of drug-likeness (QED) is 0.180. The zero-order valence-electron chi connectivity index (χ0n) is 22.9. The molecule has 10 nitrogen and oxygen atoms in total. The molecular formula is C29H31BrN4O6. The van der Waals surface area contributed by atoms with Crippen LogP contribution in [0.3, 0.4) is 0 Å². The molecule has 3 N–H and O–H groups in total. The molecule has 0 atom stereocenters. The number of halogens is 1. The monoisotopic (exact) mass is 610 g/mol. The average Bonchev–Trinajstić information content (AvgIpc) is 2.92. The number of hydrogen-bond donors (Lipinski definition) is 3. The summed E-state index contributed by atoms with van der Waals surface area (Å²) in [6.07, 6.45) is 1.35. The number of aryl methyl sites for hydroxylation is 3. The molecule has 0 radical (unpaired) electrons. The summed E-state index contributed by atoms with van der Waals surface area (Å²) in [7, 11) is 3.03. The number of benzene rings is 3. The second kappa shape index (κ2) is 14.1. The van der Waals surface area contributed by atoms with Crippen molar-refractivity contribution in [1.82, 2.24) is 10.7 Å². The lowest BCUT2D eigenvalue weighted by Gasteiger charge is -2.15. The lowest BCUT2D eigenvalue weighted by molar-refractivity contribution is -0.139. The predicted octanol–water partition coefficient (Wildman–Crippen LogP) is 4.18. The smallest absolute Gasteiger partial charge is 0.329 e. The maximum atomic E-state index is 12.6. The molecule has 0 aliphatic carbocycles. The number of carbonyl (C=O) groups excluding carboxylic acids is 3. The normalized spacial score (nSPS) is 10.7. The third-order valence-electron chi connectivity index (χ3n) is 5.74. The van der Waals surface area contributed by atoms with Gasteiger partial charge in [-0.15, -0.1) is 0 Å². The lowest BCUT2D eigenvalue weighted by atomic mass is 10.1. The number of hydrogen-bond acceptors (Lipinski definition) is 7. The fourth-order valence-corrected chi connectivity index (χ4v) is 4.44. The number of ether oxygens (including phenoxy) is 3. The maximum Gasteiger partial charge on any atom is 0.329 e. The van der Waals surface area contributed by atoms with E-state index < -0.39 is 11.8 Å². The minimum absolute atomic E-state index is 0.174. The van der Waals surface area contributed by atoms with Crippen molar-refractivity contribution in [2.24, 2.45) is 5.10 Å². The van der Waals surface area contributed by atoms with Crippen LogP contribution in [0.4, 0.5) is 5.69 Å². The van der Waals surface area contributed by atoms with Gasteiger partial charge < -0.3 is 24.8 Å². The van der Waals surface area contributed by atoms with E-state index in [9.17, 15) is 14.4 Å². The van der Waals surface area contributed by atoms with E-state index in [4.69, 9.17) is 14.2 Å². The van der Waals surface area contributed by atoms with E-state index in [1.165, 1.54) is 13.3 Å². The number of methoxy groups -OCH3 is 2. The Kier molecular flexibility index (Phi) is 10.7. The van der Waals surface area contributed by atoms with Crippen LogP contribution < -0.4 is 30.3 Å². The van der Waals surface area contributed by atoms with Gasteiger partial charge in [0, 0.05) is 12.2 Å². The molecule has 11 heteroatoms. The van der Waals surface area contributed by atoms with Gasteiger partial charge in [-0.2, -0.15) is 5.10 Å². The van der Waals surface area contributed by atoms with Gasteiger partial charge in [0.05, 0.1) is 24.9 Å². The SMILES string of the molecule is COc1ccc(CNC(=O)C(=O)N/N=C\c2cc(Br)c(OCC(=O)Nc3c(C)cc(C)cc3C)c(OC)c2)cc1. The van der Waals surface area contributed by atoms with Gasteiger partial charge in [0.25, 0.3) is 5.91 Å². The summed E-state index contributed by atoms with van der Waals surface area (Å²) in [6, 6.07) is 14.4. The number of rotatable bonds is 10. The Morgan fingerprint density at radius 3 is 2.23 bits per heavy atom. The van der Waals surface area contributed by atoms with Crippen LogP contribution in [0.1, 0.15) is 27.8 Å². The van der Waals surface area contributed by atoms with Crippen LogP contribution >= 0.6 is 15.9 Å². The van der Waals surface area contributed by atoms with Crippen molar-refractivity contribution < 1.29 is 28.6 Å². The predicted molar refractivity (Wildman–Crippen MR) is 156 cm³/mol. The van der Waals surface area contributed by atoms with Gasteiger partial charge in [-0.1, -0.05) is 29.8 Å². The zero-order chi connectivity index (χ0) is 29.2. The summed E-state index contributed by atoms with van der Waals surface area (Å²) in [5.41, 5.74) is 7.36. The van der Waals surface area contributed by atoms with E-state index in [0.717, 1.165) is 27.9 Å². The number of nitrogens with zero attached hydrogens (tertiary/aromatic N) is 1. The summed E-state index contributed by atoms with van der Waals surface area (Å²) in [4.78, 5) is 36.7. The summed E-state index contributed by atoms with van der Waals surface area (Å²) in [6.45, 7) is 5.81. The molecule has 0 aromatic heterocycles. The molecule has 3 aromatic rings. The van der Waals surface area contributed by atoms with Gasteiger partial charge >= 0.3 is 11.8 Å². The van der Waals surface area contributed by atoms with Gasteiger partial charge in [-0.3, -0.25) is 14.4 Å². The second-order valence-corrected chi connectivity index (χ2v) is 9.73. The highest BCUT2D eigenvalue weighted by Crippen LogP contribution is 2.36. The molecule has 0 saturated heterocycles. The van der Waals surface area contributed by atoms with Crippen LogP contribution in [0.25, 0.3) is 0 Å². The van der Waals surface area contributed by atoms with E-state index >= 15 is 0 Å². The molecule has 0 aliphatic rings. The van der Waals surface area contributed by atoms with E-state index in [-0.39, 0.29) is 19.1 Å². The minimum Gasteiger partial charge on any atom is -0.497 e. The first kappa shape index (κ1) is 30.2. The van der Waals surface area contributed by atoms with Crippen LogP contribution in [-0.4, -0.2) is 44.8 Å². The van der Waals surface area contributed by atoms with Crippen LogP contribution in [-0.2, 0) is 20.9 Å². The fraction of sp³-hybridized carbons (Fsp3) is 0.241. The summed E-state index contributed by atoms with van der Waals surface area (Å²) in [5, 5.41) is 9.27. The van der Waals surface area contributed by atoms with Crippen molar-refractivity contribution >= 4 is 45.6 Å². The molecule has 0 bridgehead atoms. The summed E-state index contributed by atoms with van der Waals surface area (Å²) in [5.74, 6) is -0.698. The number of nitrogens with one attached hydrogen (secondary N) is 3. The highest BCUT2D eigenvalue weighted by Gasteiger charge is 2.15. The van der Waals surface area contributed by atoms with Crippen molar-refractivity contribution in [1.29, 1.82) is 0 Å². The fourth-order valence-electron chi connectivity index (χ4n) is 3.87. The van der Waals surface area contributed by atoms with Gasteiger partial charge in [0.1, 0.15) is 5.75 Å². The van der Waals surface area contributed by atoms with Crippen LogP contribution in [0.5, 0.6) is 17.2 Å². The molecule has 0 unspecified atom stereocenters. The molecule has 0 aliphatic heterocycles. The minimum atomic E-state index is -0.916. The van der Waals surface area contributed by atoms with Crippen LogP contribution in [0, 0.1) is 20.8 Å². The molecule has 40 heavy (non-hydrogen) atoms. The van der Waals surface area contributed by atoms with Gasteiger partial charge in [0.2, 0.25) is 0 Å². The molecule has 0 saturated carbocycles. The van der Waals surface area contributed by atoms with Crippen molar-refractivity contribution in [3.05, 3.63) is 80.8 Å². The van der Waals surface area contributed by atoms with Crippen molar-refractivity contribution in [3.8, 4) is 17.2 Å². The third kappa shape index (κ3) is 8.31. The number of hydrazone groups is 1.